The summed E-state index contributed by atoms with van der Waals surface area (Å²) in [6.45, 7) is 1.83. The number of hydrogen-bond donors (Lipinski definition) is 2. The second kappa shape index (κ2) is 13.0. The van der Waals surface area contributed by atoms with Gasteiger partial charge >= 0.3 is 12.1 Å². The van der Waals surface area contributed by atoms with Crippen LogP contribution >= 0.6 is 11.8 Å². The van der Waals surface area contributed by atoms with Crippen LogP contribution in [0.5, 0.6) is 0 Å². The Kier molecular flexibility index (Phi) is 9.39. The van der Waals surface area contributed by atoms with Gasteiger partial charge in [0.25, 0.3) is 0 Å². The number of aliphatic hydroxyl groups is 1. The minimum atomic E-state index is -5.05. The number of amides is 2. The minimum Gasteiger partial charge on any atom is -0.392 e. The highest BCUT2D eigenvalue weighted by molar-refractivity contribution is 7.99. The van der Waals surface area contributed by atoms with Crippen molar-refractivity contribution in [3.63, 3.8) is 0 Å². The smallest absolute Gasteiger partial charge is 0.392 e. The van der Waals surface area contributed by atoms with Gasteiger partial charge in [-0.1, -0.05) is 55.1 Å². The summed E-state index contributed by atoms with van der Waals surface area (Å²) < 4.78 is 53.9. The summed E-state index contributed by atoms with van der Waals surface area (Å²) >= 11 is 1.50. The van der Waals surface area contributed by atoms with Gasteiger partial charge in [-0.25, -0.2) is 0 Å². The average molecular weight is 620 g/mol. The maximum atomic E-state index is 13.1. The van der Waals surface area contributed by atoms with Gasteiger partial charge in [-0.2, -0.15) is 13.2 Å². The molecule has 2 aromatic carbocycles. The Morgan fingerprint density at radius 2 is 1.91 bits per heavy atom. The molecule has 2 amide bonds. The number of rotatable bonds is 8. The zero-order valence-corrected chi connectivity index (χ0v) is 24.3. The molecule has 1 aromatic heterocycles. The van der Waals surface area contributed by atoms with Crippen LogP contribution in [0.25, 0.3) is 0 Å². The number of hydrogen-bond acceptors (Lipinski definition) is 8. The van der Waals surface area contributed by atoms with Crippen molar-refractivity contribution in [1.29, 1.82) is 0 Å². The molecular formula is C29H32F3N5O5S. The van der Waals surface area contributed by atoms with E-state index in [1.807, 2.05) is 42.8 Å². The number of carbonyl (C=O) groups is 2. The van der Waals surface area contributed by atoms with E-state index in [1.165, 1.54) is 11.8 Å². The van der Waals surface area contributed by atoms with Crippen molar-refractivity contribution in [2.75, 3.05) is 17.6 Å². The molecule has 2 saturated heterocycles. The minimum absolute atomic E-state index is 0.0700. The molecule has 0 unspecified atom stereocenters. The number of ether oxygens (including phenoxy) is 2. The molecule has 5 atom stereocenters. The summed E-state index contributed by atoms with van der Waals surface area (Å²) in [7, 11) is 1.86. The molecule has 3 aromatic rings. The predicted octanol–water partition coefficient (Wildman–Crippen LogP) is 4.38. The molecule has 0 radical (unpaired) electrons. The van der Waals surface area contributed by atoms with Gasteiger partial charge in [-0.3, -0.25) is 9.59 Å². The highest BCUT2D eigenvalue weighted by Crippen LogP contribution is 2.43. The first kappa shape index (κ1) is 31.0. The van der Waals surface area contributed by atoms with Crippen LogP contribution in [0.15, 0.2) is 60.0 Å². The van der Waals surface area contributed by atoms with Crippen molar-refractivity contribution in [2.45, 2.75) is 62.2 Å². The van der Waals surface area contributed by atoms with Crippen molar-refractivity contribution in [3.05, 3.63) is 71.5 Å². The first-order valence-electron chi connectivity index (χ1n) is 13.8. The van der Waals surface area contributed by atoms with Crippen LogP contribution in [0, 0.1) is 5.92 Å². The monoisotopic (exact) mass is 619 g/mol. The summed E-state index contributed by atoms with van der Waals surface area (Å²) in [5, 5.41) is 20.9. The first-order valence-corrected chi connectivity index (χ1v) is 14.8. The van der Waals surface area contributed by atoms with E-state index in [-0.39, 0.29) is 37.7 Å². The lowest BCUT2D eigenvalue weighted by Crippen LogP contribution is -2.48. The molecule has 0 spiro atoms. The highest BCUT2D eigenvalue weighted by Gasteiger charge is 2.47. The van der Waals surface area contributed by atoms with Crippen molar-refractivity contribution in [2.24, 2.45) is 13.0 Å². The zero-order valence-electron chi connectivity index (χ0n) is 23.5. The lowest BCUT2D eigenvalue weighted by atomic mass is 9.91. The Labute approximate surface area is 250 Å². The Balaban J connectivity index is 1.35. The number of aliphatic hydroxyl groups excluding tert-OH is 1. The fraction of sp³-hybridized carbons (Fsp3) is 0.448. The number of benzene rings is 2. The van der Waals surface area contributed by atoms with Crippen molar-refractivity contribution < 1.29 is 37.3 Å². The summed E-state index contributed by atoms with van der Waals surface area (Å²) in [6.07, 6.45) is -4.45. The summed E-state index contributed by atoms with van der Waals surface area (Å²) in [5.74, 6) is -2.22. The Morgan fingerprint density at radius 3 is 2.58 bits per heavy atom. The maximum Gasteiger partial charge on any atom is 0.471 e. The van der Waals surface area contributed by atoms with Crippen LogP contribution in [-0.2, 0) is 32.7 Å². The molecule has 43 heavy (non-hydrogen) atoms. The second-order valence-corrected chi connectivity index (χ2v) is 11.6. The number of aromatic nitrogens is 3. The summed E-state index contributed by atoms with van der Waals surface area (Å²) in [6, 6.07) is 13.0. The Bertz CT molecular complexity index is 1440. The van der Waals surface area contributed by atoms with Crippen LogP contribution in [0.4, 0.5) is 18.9 Å². The van der Waals surface area contributed by atoms with Crippen molar-refractivity contribution in [1.82, 2.24) is 19.7 Å². The Morgan fingerprint density at radius 1 is 1.14 bits per heavy atom. The van der Waals surface area contributed by atoms with Gasteiger partial charge in [0.05, 0.1) is 18.8 Å². The molecule has 2 fully saturated rings. The fourth-order valence-electron chi connectivity index (χ4n) is 5.30. The largest absolute Gasteiger partial charge is 0.471 e. The molecule has 0 saturated carbocycles. The highest BCUT2D eigenvalue weighted by atomic mass is 32.2. The van der Waals surface area contributed by atoms with Gasteiger partial charge in [0, 0.05) is 36.5 Å². The Hall–Kier alpha value is -3.46. The molecule has 230 valence electrons. The molecular weight excluding hydrogens is 587 g/mol. The number of nitrogens with zero attached hydrogens (tertiary/aromatic N) is 4. The van der Waals surface area contributed by atoms with E-state index in [2.05, 4.69) is 15.5 Å². The molecule has 5 rings (SSSR count). The van der Waals surface area contributed by atoms with Gasteiger partial charge in [-0.15, -0.1) is 10.2 Å². The first-order chi connectivity index (χ1) is 20.5. The van der Waals surface area contributed by atoms with E-state index in [4.69, 9.17) is 9.47 Å². The zero-order chi connectivity index (χ0) is 30.7. The van der Waals surface area contributed by atoms with Crippen LogP contribution < -0.4 is 5.32 Å². The number of likely N-dealkylation sites (tertiary alicyclic amines) is 1. The number of anilines is 1. The quantitative estimate of drug-likeness (QED) is 0.357. The maximum absolute atomic E-state index is 13.1. The lowest BCUT2D eigenvalue weighted by molar-refractivity contribution is -0.268. The van der Waals surface area contributed by atoms with E-state index in [1.54, 1.807) is 30.6 Å². The third-order valence-corrected chi connectivity index (χ3v) is 8.78. The van der Waals surface area contributed by atoms with E-state index >= 15 is 0 Å². The van der Waals surface area contributed by atoms with Gasteiger partial charge in [0.1, 0.15) is 12.4 Å². The molecule has 3 heterocycles. The number of nitrogens with one attached hydrogen (secondary N) is 1. The molecule has 2 N–H and O–H groups in total. The number of carbonyl (C=O) groups excluding carboxylic acids is 2. The van der Waals surface area contributed by atoms with Crippen molar-refractivity contribution >= 4 is 29.3 Å². The molecule has 14 heteroatoms. The predicted molar refractivity (Wildman–Crippen MR) is 151 cm³/mol. The number of halogens is 3. The standard InChI is InChI=1S/C29H32F3N5O5S/c1-17-23(15-43-28-35-33-16-36(28)2)41-26(42-24(17)19-10-8-18(14-38)9-11-19)20-5-3-6-21(13-20)34-25(39)22-7-4-12-37(22)27(40)29(30,31)32/h3,5-6,8-11,13,16-17,22-24,26,38H,4,7,12,14-15H2,1-2H3,(H,34,39)/t17-,22-,23+,24+,26+/m0/s1. The molecule has 10 nitrogen and oxygen atoms in total. The normalized spacial score (nSPS) is 24.2. The van der Waals surface area contributed by atoms with Gasteiger partial charge in [-0.05, 0) is 36.1 Å². The van der Waals surface area contributed by atoms with Crippen LogP contribution in [0.3, 0.4) is 0 Å². The number of thioether (sulfide) groups is 1. The lowest BCUT2D eigenvalue weighted by Gasteiger charge is -2.41. The van der Waals surface area contributed by atoms with E-state index in [0.717, 1.165) is 16.3 Å². The third-order valence-electron chi connectivity index (χ3n) is 7.66. The van der Waals surface area contributed by atoms with E-state index < -0.39 is 30.3 Å². The SMILES string of the molecule is C[C@H]1[C@@H](CSc2nncn2C)O[C@@H](c2cccc(NC(=O)[C@@H]3CCCN3C(=O)C(F)(F)F)c2)O[C@H]1c1ccc(CO)cc1. The van der Waals surface area contributed by atoms with Crippen LogP contribution in [0.1, 0.15) is 48.8 Å². The summed E-state index contributed by atoms with van der Waals surface area (Å²) in [4.78, 5) is 25.4. The summed E-state index contributed by atoms with van der Waals surface area (Å²) in [5.41, 5.74) is 2.63. The third kappa shape index (κ3) is 7.03. The second-order valence-electron chi connectivity index (χ2n) is 10.6. The van der Waals surface area contributed by atoms with Crippen LogP contribution in [0.2, 0.25) is 0 Å². The van der Waals surface area contributed by atoms with Gasteiger partial charge < -0.3 is 29.4 Å². The molecule has 2 aliphatic rings. The molecule has 2 aliphatic heterocycles. The molecule has 0 bridgehead atoms. The topological polar surface area (TPSA) is 119 Å². The number of aryl methyl sites for hydroxylation is 1. The van der Waals surface area contributed by atoms with E-state index in [0.29, 0.717) is 28.3 Å². The van der Waals surface area contributed by atoms with Crippen LogP contribution in [-0.4, -0.2) is 67.2 Å². The average Bonchev–Trinajstić information content (AvgIpc) is 3.65. The van der Waals surface area contributed by atoms with Gasteiger partial charge in [0.15, 0.2) is 11.4 Å². The fourth-order valence-corrected chi connectivity index (χ4v) is 6.35. The van der Waals surface area contributed by atoms with Crippen molar-refractivity contribution in [3.8, 4) is 0 Å². The van der Waals surface area contributed by atoms with E-state index in [9.17, 15) is 27.9 Å². The van der Waals surface area contributed by atoms with Gasteiger partial charge in [0.2, 0.25) is 5.91 Å². The molecule has 0 aliphatic carbocycles. The number of alkyl halides is 3.